The van der Waals surface area contributed by atoms with Gasteiger partial charge >= 0.3 is 0 Å². The van der Waals surface area contributed by atoms with Crippen molar-refractivity contribution in [2.45, 2.75) is 52.4 Å². The van der Waals surface area contributed by atoms with E-state index < -0.39 is 0 Å². The third-order valence-electron chi connectivity index (χ3n) is 6.83. The second-order valence-corrected chi connectivity index (χ2v) is 7.76. The van der Waals surface area contributed by atoms with E-state index in [0.29, 0.717) is 5.41 Å². The summed E-state index contributed by atoms with van der Waals surface area (Å²) in [5.41, 5.74) is 5.30. The number of hydrogen-bond donors (Lipinski definition) is 0. The lowest BCUT2D eigenvalue weighted by molar-refractivity contribution is 0.0488. The molecule has 114 valence electrons. The zero-order valence-electron chi connectivity index (χ0n) is 13.5. The molecule has 1 aromatic carbocycles. The lowest BCUT2D eigenvalue weighted by atomic mass is 9.54. The van der Waals surface area contributed by atoms with Gasteiger partial charge in [0.2, 0.25) is 0 Å². The molecule has 1 nitrogen and oxygen atoms in total. The number of allylic oxidation sites excluding steroid dienone is 2. The van der Waals surface area contributed by atoms with Gasteiger partial charge in [0.15, 0.2) is 0 Å². The van der Waals surface area contributed by atoms with E-state index in [2.05, 4.69) is 51.1 Å². The van der Waals surface area contributed by atoms with Crippen molar-refractivity contribution >= 4 is 0 Å². The molecule has 1 fully saturated rings. The van der Waals surface area contributed by atoms with Crippen LogP contribution in [0.15, 0.2) is 30.4 Å². The van der Waals surface area contributed by atoms with E-state index in [4.69, 9.17) is 0 Å². The fourth-order valence-corrected chi connectivity index (χ4v) is 5.39. The first-order valence-corrected chi connectivity index (χ1v) is 8.37. The Labute approximate surface area is 128 Å². The average Bonchev–Trinajstić information content (AvgIpc) is 2.74. The molecule has 3 aliphatic rings. The van der Waals surface area contributed by atoms with Crippen molar-refractivity contribution in [3.8, 4) is 0 Å². The van der Waals surface area contributed by atoms with Crippen LogP contribution in [0.2, 0.25) is 0 Å². The highest BCUT2D eigenvalue weighted by Crippen LogP contribution is 2.60. The summed E-state index contributed by atoms with van der Waals surface area (Å²) in [5.74, 6) is 3.32. The maximum absolute atomic E-state index is 2.57. The highest BCUT2D eigenvalue weighted by molar-refractivity contribution is 5.38. The molecule has 0 spiro atoms. The standard InChI is InChI=1S/C20H26.H2O/c1-13-4-7-16-15(12-13)6-8-18-17(16)10-11-20(3)14(2)5-9-19(18)20;/h4-5,7,9,12,14,17-19H,6,8,10-11H2,1-3H3;1H2/t14-,17?,18?,19-,20+;/m0./s1. The number of fused-ring (bicyclic) bond motifs is 5. The Morgan fingerprint density at radius 2 is 1.95 bits per heavy atom. The average molecular weight is 284 g/mol. The van der Waals surface area contributed by atoms with Crippen molar-refractivity contribution in [2.24, 2.45) is 23.2 Å². The van der Waals surface area contributed by atoms with Gasteiger partial charge in [-0.3, -0.25) is 0 Å². The smallest absolute Gasteiger partial charge is 0.0125 e. The fourth-order valence-electron chi connectivity index (χ4n) is 5.39. The zero-order chi connectivity index (χ0) is 13.9. The topological polar surface area (TPSA) is 31.5 Å². The molecule has 2 N–H and O–H groups in total. The normalized spacial score (nSPS) is 40.0. The van der Waals surface area contributed by atoms with Crippen LogP contribution in [0.3, 0.4) is 0 Å². The molecule has 2 unspecified atom stereocenters. The molecule has 0 amide bonds. The van der Waals surface area contributed by atoms with Crippen LogP contribution >= 0.6 is 0 Å². The molecule has 3 aliphatic carbocycles. The molecule has 0 radical (unpaired) electrons. The van der Waals surface area contributed by atoms with Crippen molar-refractivity contribution < 1.29 is 5.48 Å². The first-order valence-electron chi connectivity index (χ1n) is 8.37. The summed E-state index contributed by atoms with van der Waals surface area (Å²) < 4.78 is 0. The van der Waals surface area contributed by atoms with Gasteiger partial charge in [-0.05, 0) is 72.8 Å². The van der Waals surface area contributed by atoms with Gasteiger partial charge in [-0.2, -0.15) is 0 Å². The second-order valence-electron chi connectivity index (χ2n) is 7.76. The zero-order valence-corrected chi connectivity index (χ0v) is 13.5. The van der Waals surface area contributed by atoms with Crippen LogP contribution < -0.4 is 0 Å². The van der Waals surface area contributed by atoms with Gasteiger partial charge in [-0.25, -0.2) is 0 Å². The van der Waals surface area contributed by atoms with Crippen LogP contribution in [0.5, 0.6) is 0 Å². The van der Waals surface area contributed by atoms with Gasteiger partial charge in [0, 0.05) is 0 Å². The Morgan fingerprint density at radius 1 is 1.14 bits per heavy atom. The summed E-state index contributed by atoms with van der Waals surface area (Å²) >= 11 is 0. The minimum absolute atomic E-state index is 0. The Balaban J connectivity index is 0.00000132. The molecule has 4 rings (SSSR count). The van der Waals surface area contributed by atoms with Crippen LogP contribution in [-0.2, 0) is 6.42 Å². The third-order valence-corrected chi connectivity index (χ3v) is 6.83. The monoisotopic (exact) mass is 284 g/mol. The number of aryl methyl sites for hydroxylation is 2. The molecule has 1 heteroatoms. The summed E-state index contributed by atoms with van der Waals surface area (Å²) in [6.07, 6.45) is 10.6. The van der Waals surface area contributed by atoms with Gasteiger partial charge in [-0.1, -0.05) is 49.8 Å². The SMILES string of the molecule is Cc1ccc2c(c1)CCC1C2CC[C@]2(C)[C@@H](C)C=C[C@@H]12.O. The summed E-state index contributed by atoms with van der Waals surface area (Å²) in [6, 6.07) is 7.20. The maximum Gasteiger partial charge on any atom is -0.0125 e. The Hall–Kier alpha value is -1.08. The van der Waals surface area contributed by atoms with E-state index in [1.165, 1.54) is 31.2 Å². The summed E-state index contributed by atoms with van der Waals surface area (Å²) in [6.45, 7) is 7.20. The highest BCUT2D eigenvalue weighted by Gasteiger charge is 2.51. The van der Waals surface area contributed by atoms with Crippen molar-refractivity contribution in [3.63, 3.8) is 0 Å². The van der Waals surface area contributed by atoms with E-state index in [1.54, 1.807) is 11.1 Å². The molecular weight excluding hydrogens is 256 g/mol. The minimum atomic E-state index is 0. The van der Waals surface area contributed by atoms with Gasteiger partial charge in [0.05, 0.1) is 0 Å². The predicted octanol–water partition coefficient (Wildman–Crippen LogP) is 4.44. The van der Waals surface area contributed by atoms with Crippen molar-refractivity contribution in [2.75, 3.05) is 0 Å². The minimum Gasteiger partial charge on any atom is -0.412 e. The molecule has 1 saturated carbocycles. The van der Waals surface area contributed by atoms with Gasteiger partial charge in [-0.15, -0.1) is 0 Å². The number of benzene rings is 1. The Bertz CT molecular complexity index is 573. The quantitative estimate of drug-likeness (QED) is 0.631. The molecular formula is C20H28O. The number of rotatable bonds is 0. The molecule has 0 saturated heterocycles. The molecule has 0 heterocycles. The van der Waals surface area contributed by atoms with E-state index in [0.717, 1.165) is 23.7 Å². The van der Waals surface area contributed by atoms with Crippen molar-refractivity contribution in [1.82, 2.24) is 0 Å². The van der Waals surface area contributed by atoms with E-state index in [-0.39, 0.29) is 5.48 Å². The van der Waals surface area contributed by atoms with Gasteiger partial charge < -0.3 is 5.48 Å². The predicted molar refractivity (Wildman–Crippen MR) is 88.5 cm³/mol. The van der Waals surface area contributed by atoms with E-state index in [1.807, 2.05) is 0 Å². The van der Waals surface area contributed by atoms with E-state index >= 15 is 0 Å². The lowest BCUT2D eigenvalue weighted by Crippen LogP contribution is -2.42. The molecule has 0 bridgehead atoms. The molecule has 5 atom stereocenters. The first kappa shape index (κ1) is 14.8. The van der Waals surface area contributed by atoms with Crippen LogP contribution in [0, 0.1) is 30.1 Å². The first-order chi connectivity index (χ1) is 9.59. The molecule has 0 aliphatic heterocycles. The van der Waals surface area contributed by atoms with Crippen LogP contribution in [-0.4, -0.2) is 5.48 Å². The highest BCUT2D eigenvalue weighted by atomic mass is 16.0. The second kappa shape index (κ2) is 4.98. The van der Waals surface area contributed by atoms with Crippen LogP contribution in [0.1, 0.15) is 55.7 Å². The molecule has 1 aromatic rings. The van der Waals surface area contributed by atoms with Crippen molar-refractivity contribution in [1.29, 1.82) is 0 Å². The molecule has 0 aromatic heterocycles. The van der Waals surface area contributed by atoms with Crippen LogP contribution in [0.25, 0.3) is 0 Å². The Kier molecular flexibility index (Phi) is 3.52. The Morgan fingerprint density at radius 3 is 2.76 bits per heavy atom. The lowest BCUT2D eigenvalue weighted by Gasteiger charge is -2.50. The third kappa shape index (κ3) is 2.01. The fraction of sp³-hybridized carbons (Fsp3) is 0.600. The summed E-state index contributed by atoms with van der Waals surface area (Å²) in [5, 5.41) is 0. The summed E-state index contributed by atoms with van der Waals surface area (Å²) in [4.78, 5) is 0. The maximum atomic E-state index is 2.57. The summed E-state index contributed by atoms with van der Waals surface area (Å²) in [7, 11) is 0. The van der Waals surface area contributed by atoms with Crippen LogP contribution in [0.4, 0.5) is 0 Å². The molecule has 21 heavy (non-hydrogen) atoms. The van der Waals surface area contributed by atoms with Gasteiger partial charge in [0.25, 0.3) is 0 Å². The van der Waals surface area contributed by atoms with Gasteiger partial charge in [0.1, 0.15) is 0 Å². The van der Waals surface area contributed by atoms with Crippen molar-refractivity contribution in [3.05, 3.63) is 47.0 Å². The largest absolute Gasteiger partial charge is 0.412 e. The number of hydrogen-bond acceptors (Lipinski definition) is 0. The van der Waals surface area contributed by atoms with E-state index in [9.17, 15) is 0 Å².